The Morgan fingerprint density at radius 1 is 1.32 bits per heavy atom. The van der Waals surface area contributed by atoms with Crippen molar-refractivity contribution >= 4 is 45.8 Å². The third-order valence-electron chi connectivity index (χ3n) is 3.49. The Morgan fingerprint density at radius 3 is 2.80 bits per heavy atom. The average Bonchev–Trinajstić information content (AvgIpc) is 3.03. The molecule has 0 atom stereocenters. The number of methoxy groups -OCH3 is 1. The number of carbonyl (C=O) groups excluding carboxylic acids is 1. The van der Waals surface area contributed by atoms with Crippen molar-refractivity contribution in [1.29, 1.82) is 0 Å². The number of ether oxygens (including phenoxy) is 1. The van der Waals surface area contributed by atoms with Crippen LogP contribution in [-0.2, 0) is 7.05 Å². The maximum atomic E-state index is 12.6. The molecule has 0 radical (unpaired) electrons. The summed E-state index contributed by atoms with van der Waals surface area (Å²) >= 11 is 8.22. The third-order valence-corrected chi connectivity index (χ3v) is 5.01. The van der Waals surface area contributed by atoms with Gasteiger partial charge in [-0.2, -0.15) is 0 Å². The molecule has 1 aromatic heterocycles. The highest BCUT2D eigenvalue weighted by Gasteiger charge is 2.16. The van der Waals surface area contributed by atoms with E-state index in [4.69, 9.17) is 16.3 Å². The van der Waals surface area contributed by atoms with Gasteiger partial charge in [0.25, 0.3) is 5.91 Å². The molecule has 3 aromatic rings. The van der Waals surface area contributed by atoms with Crippen molar-refractivity contribution in [3.63, 3.8) is 0 Å². The predicted molar refractivity (Wildman–Crippen MR) is 103 cm³/mol. The molecule has 0 aliphatic heterocycles. The van der Waals surface area contributed by atoms with Gasteiger partial charge in [0.1, 0.15) is 5.75 Å². The number of hydrogen-bond acceptors (Lipinski definition) is 5. The van der Waals surface area contributed by atoms with Crippen LogP contribution in [0.5, 0.6) is 5.75 Å². The number of aryl methyl sites for hydroxylation is 1. The lowest BCUT2D eigenvalue weighted by Crippen LogP contribution is -2.13. The highest BCUT2D eigenvalue weighted by atomic mass is 127. The molecule has 0 aliphatic carbocycles. The lowest BCUT2D eigenvalue weighted by molar-refractivity contribution is 0.102. The molecular weight excluding hydrogens is 457 g/mol. The highest BCUT2D eigenvalue weighted by Crippen LogP contribution is 2.29. The maximum Gasteiger partial charge on any atom is 0.259 e. The van der Waals surface area contributed by atoms with Gasteiger partial charge < -0.3 is 10.1 Å². The number of hydrogen-bond donors (Lipinski definition) is 1. The van der Waals surface area contributed by atoms with Crippen molar-refractivity contribution in [2.45, 2.75) is 0 Å². The summed E-state index contributed by atoms with van der Waals surface area (Å²) in [5.41, 5.74) is 1.76. The second-order valence-electron chi connectivity index (χ2n) is 5.13. The van der Waals surface area contributed by atoms with Gasteiger partial charge in [-0.3, -0.25) is 4.79 Å². The fourth-order valence-electron chi connectivity index (χ4n) is 2.28. The smallest absolute Gasteiger partial charge is 0.259 e. The van der Waals surface area contributed by atoms with E-state index in [1.807, 2.05) is 12.1 Å². The standard InChI is InChI=1S/C16H13ClIN5O2/c1-23-15(20-21-22-23)9-4-3-5-10(6-9)19-16(24)11-7-12(17)13(18)8-14(11)25-2/h3-8H,1-2H3,(H,19,24). The first kappa shape index (κ1) is 17.6. The average molecular weight is 470 g/mol. The number of nitrogens with one attached hydrogen (secondary N) is 1. The quantitative estimate of drug-likeness (QED) is 0.592. The highest BCUT2D eigenvalue weighted by molar-refractivity contribution is 14.1. The molecule has 128 valence electrons. The summed E-state index contributed by atoms with van der Waals surface area (Å²) in [5, 5.41) is 14.7. The van der Waals surface area contributed by atoms with Crippen LogP contribution in [0.3, 0.4) is 0 Å². The van der Waals surface area contributed by atoms with Crippen molar-refractivity contribution in [2.75, 3.05) is 12.4 Å². The molecule has 0 aliphatic rings. The van der Waals surface area contributed by atoms with Crippen LogP contribution in [0.4, 0.5) is 5.69 Å². The van der Waals surface area contributed by atoms with E-state index in [9.17, 15) is 4.79 Å². The fraction of sp³-hybridized carbons (Fsp3) is 0.125. The van der Waals surface area contributed by atoms with E-state index in [1.54, 1.807) is 36.0 Å². The first-order valence-electron chi connectivity index (χ1n) is 7.16. The molecule has 1 amide bonds. The van der Waals surface area contributed by atoms with Crippen molar-refractivity contribution in [1.82, 2.24) is 20.2 Å². The minimum atomic E-state index is -0.316. The first-order valence-corrected chi connectivity index (χ1v) is 8.62. The van der Waals surface area contributed by atoms with Crippen molar-refractivity contribution < 1.29 is 9.53 Å². The molecule has 0 saturated carbocycles. The molecule has 3 rings (SSSR count). The SMILES string of the molecule is COc1cc(I)c(Cl)cc1C(=O)Nc1cccc(-c2nnnn2C)c1. The molecule has 2 aromatic carbocycles. The van der Waals surface area contributed by atoms with Crippen LogP contribution in [0.1, 0.15) is 10.4 Å². The van der Waals surface area contributed by atoms with Crippen molar-refractivity contribution in [2.24, 2.45) is 7.05 Å². The summed E-state index contributed by atoms with van der Waals surface area (Å²) in [4.78, 5) is 12.6. The van der Waals surface area contributed by atoms with Gasteiger partial charge in [-0.1, -0.05) is 23.7 Å². The summed E-state index contributed by atoms with van der Waals surface area (Å²) in [6, 6.07) is 10.6. The fourth-order valence-corrected chi connectivity index (χ4v) is 2.89. The molecule has 0 spiro atoms. The summed E-state index contributed by atoms with van der Waals surface area (Å²) in [6.45, 7) is 0. The van der Waals surface area contributed by atoms with E-state index in [0.717, 1.165) is 9.13 Å². The molecule has 9 heteroatoms. The van der Waals surface area contributed by atoms with Crippen molar-refractivity contribution in [3.05, 3.63) is 50.6 Å². The lowest BCUT2D eigenvalue weighted by atomic mass is 10.1. The van der Waals surface area contributed by atoms with E-state index in [2.05, 4.69) is 43.4 Å². The predicted octanol–water partition coefficient (Wildman–Crippen LogP) is 3.40. The topological polar surface area (TPSA) is 81.9 Å². The Morgan fingerprint density at radius 2 is 2.12 bits per heavy atom. The molecular formula is C16H13ClIN5O2. The number of benzene rings is 2. The van der Waals surface area contributed by atoms with E-state index in [-0.39, 0.29) is 5.91 Å². The van der Waals surface area contributed by atoms with Gasteiger partial charge in [-0.15, -0.1) is 5.10 Å². The number of anilines is 1. The Balaban J connectivity index is 1.89. The Hall–Kier alpha value is -2.20. The van der Waals surface area contributed by atoms with Crippen LogP contribution in [-0.4, -0.2) is 33.2 Å². The van der Waals surface area contributed by atoms with Gasteiger partial charge >= 0.3 is 0 Å². The minimum absolute atomic E-state index is 0.316. The van der Waals surface area contributed by atoms with Gasteiger partial charge in [0.15, 0.2) is 5.82 Å². The normalized spacial score (nSPS) is 10.6. The van der Waals surface area contributed by atoms with Crippen LogP contribution in [0.25, 0.3) is 11.4 Å². The molecule has 0 unspecified atom stereocenters. The number of nitrogens with zero attached hydrogens (tertiary/aromatic N) is 4. The second-order valence-corrected chi connectivity index (χ2v) is 6.70. The Labute approximate surface area is 162 Å². The number of carbonyl (C=O) groups is 1. The summed E-state index contributed by atoms with van der Waals surface area (Å²) in [5.74, 6) is 0.745. The van der Waals surface area contributed by atoms with Gasteiger partial charge in [-0.25, -0.2) is 4.68 Å². The van der Waals surface area contributed by atoms with E-state index < -0.39 is 0 Å². The van der Waals surface area contributed by atoms with Crippen molar-refractivity contribution in [3.8, 4) is 17.1 Å². The number of rotatable bonds is 4. The van der Waals surface area contributed by atoms with Gasteiger partial charge in [0, 0.05) is 21.9 Å². The molecule has 0 bridgehead atoms. The molecule has 1 heterocycles. The molecule has 0 fully saturated rings. The number of halogens is 2. The zero-order chi connectivity index (χ0) is 18.0. The zero-order valence-electron chi connectivity index (χ0n) is 13.3. The second kappa shape index (κ2) is 7.36. The van der Waals surface area contributed by atoms with Gasteiger partial charge in [0.2, 0.25) is 0 Å². The van der Waals surface area contributed by atoms with Crippen LogP contribution < -0.4 is 10.1 Å². The van der Waals surface area contributed by atoms with Crippen LogP contribution in [0, 0.1) is 3.57 Å². The molecule has 1 N–H and O–H groups in total. The summed E-state index contributed by atoms with van der Waals surface area (Å²) in [7, 11) is 3.26. The number of amides is 1. The number of tetrazole rings is 1. The van der Waals surface area contributed by atoms with Crippen LogP contribution >= 0.6 is 34.2 Å². The third kappa shape index (κ3) is 3.74. The Kier molecular flexibility index (Phi) is 5.19. The summed E-state index contributed by atoms with van der Waals surface area (Å²) < 4.78 is 7.65. The summed E-state index contributed by atoms with van der Waals surface area (Å²) in [6.07, 6.45) is 0. The van der Waals surface area contributed by atoms with Crippen LogP contribution in [0.15, 0.2) is 36.4 Å². The monoisotopic (exact) mass is 469 g/mol. The zero-order valence-corrected chi connectivity index (χ0v) is 16.2. The first-order chi connectivity index (χ1) is 12.0. The molecule has 0 saturated heterocycles. The number of aromatic nitrogens is 4. The molecule has 25 heavy (non-hydrogen) atoms. The van der Waals surface area contributed by atoms with E-state index in [1.165, 1.54) is 7.11 Å². The van der Waals surface area contributed by atoms with Crippen LogP contribution in [0.2, 0.25) is 5.02 Å². The Bertz CT molecular complexity index is 944. The van der Waals surface area contributed by atoms with E-state index >= 15 is 0 Å². The van der Waals surface area contributed by atoms with Gasteiger partial charge in [0.05, 0.1) is 17.7 Å². The minimum Gasteiger partial charge on any atom is -0.496 e. The lowest BCUT2D eigenvalue weighted by Gasteiger charge is -2.11. The van der Waals surface area contributed by atoms with Gasteiger partial charge in [-0.05, 0) is 57.3 Å². The largest absolute Gasteiger partial charge is 0.496 e. The van der Waals surface area contributed by atoms with E-state index in [0.29, 0.717) is 27.8 Å². The molecule has 7 nitrogen and oxygen atoms in total. The maximum absolute atomic E-state index is 12.6.